The molecule has 4 aromatic rings. The Bertz CT molecular complexity index is 1680. The van der Waals surface area contributed by atoms with Crippen molar-refractivity contribution >= 4 is 28.8 Å². The van der Waals surface area contributed by atoms with E-state index in [9.17, 15) is 9.18 Å². The minimum atomic E-state index is -0.431. The van der Waals surface area contributed by atoms with Gasteiger partial charge in [-0.2, -0.15) is 0 Å². The van der Waals surface area contributed by atoms with Crippen LogP contribution < -0.4 is 19.9 Å². The van der Waals surface area contributed by atoms with Gasteiger partial charge in [0.05, 0.1) is 31.7 Å². The summed E-state index contributed by atoms with van der Waals surface area (Å²) in [7, 11) is 1.69. The van der Waals surface area contributed by atoms with Gasteiger partial charge in [-0.3, -0.25) is 4.79 Å². The molecule has 238 valence electrons. The van der Waals surface area contributed by atoms with E-state index in [1.54, 1.807) is 13.3 Å². The zero-order valence-corrected chi connectivity index (χ0v) is 26.3. The van der Waals surface area contributed by atoms with Crippen LogP contribution in [0.1, 0.15) is 36.0 Å². The molecule has 3 aromatic carbocycles. The second kappa shape index (κ2) is 14.6. The van der Waals surface area contributed by atoms with E-state index in [2.05, 4.69) is 57.0 Å². The lowest BCUT2D eigenvalue weighted by atomic mass is 9.98. The molecule has 3 heterocycles. The Kier molecular flexibility index (Phi) is 9.88. The van der Waals surface area contributed by atoms with Gasteiger partial charge in [0.2, 0.25) is 5.95 Å². The van der Waals surface area contributed by atoms with Crippen molar-refractivity contribution in [2.45, 2.75) is 32.1 Å². The summed E-state index contributed by atoms with van der Waals surface area (Å²) in [4.78, 5) is 26.4. The summed E-state index contributed by atoms with van der Waals surface area (Å²) < 4.78 is 26.1. The van der Waals surface area contributed by atoms with E-state index in [0.29, 0.717) is 29.2 Å². The van der Waals surface area contributed by atoms with E-state index < -0.39 is 5.82 Å². The molecular formula is C37H40FN5O3. The summed E-state index contributed by atoms with van der Waals surface area (Å²) in [6, 6.07) is 19.1. The number of benzene rings is 3. The number of carbonyl (C=O) groups is 1. The quantitative estimate of drug-likeness (QED) is 0.184. The average molecular weight is 622 g/mol. The highest BCUT2D eigenvalue weighted by Crippen LogP contribution is 2.34. The first kappa shape index (κ1) is 31.2. The fourth-order valence-electron chi connectivity index (χ4n) is 6.15. The van der Waals surface area contributed by atoms with Crippen LogP contribution in [0.25, 0.3) is 11.3 Å². The lowest BCUT2D eigenvalue weighted by Crippen LogP contribution is -2.36. The van der Waals surface area contributed by atoms with Crippen molar-refractivity contribution < 1.29 is 18.7 Å². The molecule has 46 heavy (non-hydrogen) atoms. The zero-order valence-electron chi connectivity index (χ0n) is 26.3. The molecule has 8 nitrogen and oxygen atoms in total. The molecule has 2 aliphatic rings. The molecule has 9 heteroatoms. The van der Waals surface area contributed by atoms with Crippen LogP contribution >= 0.6 is 0 Å². The third-order valence-electron chi connectivity index (χ3n) is 8.54. The summed E-state index contributed by atoms with van der Waals surface area (Å²) in [5, 5.41) is 3.37. The van der Waals surface area contributed by atoms with E-state index in [4.69, 9.17) is 14.5 Å². The van der Waals surface area contributed by atoms with Crippen LogP contribution in [0.5, 0.6) is 5.75 Å². The Hall–Kier alpha value is -4.76. The number of aromatic nitrogens is 2. The SMILES string of the molecule is C=CC(=O)Cc1cc(F)cc(-c2nc(Nc3ccc(OC)c(N4CCCCC4)c3)ncc2Cc2ccc(N3CCOCC3)cc2)c1. The fraction of sp³-hybridized carbons (Fsp3) is 0.324. The third-order valence-corrected chi connectivity index (χ3v) is 8.54. The standard InChI is InChI=1S/C37H40FN5O3/c1-3-33(44)22-27-20-28(23-30(38)21-27)36-29(19-26-7-10-32(11-8-26)42-15-17-46-18-16-42)25-39-37(41-36)40-31-9-12-35(45-2)34(24-31)43-13-5-4-6-14-43/h3,7-12,20-21,23-25H,1,4-6,13-19,22H2,2H3,(H,39,40,41). The first-order valence-electron chi connectivity index (χ1n) is 15.9. The number of piperidine rings is 1. The molecule has 2 saturated heterocycles. The summed E-state index contributed by atoms with van der Waals surface area (Å²) in [5.41, 5.74) is 6.71. The van der Waals surface area contributed by atoms with Gasteiger partial charge in [0, 0.05) is 67.7 Å². The van der Waals surface area contributed by atoms with Gasteiger partial charge in [-0.25, -0.2) is 14.4 Å². The van der Waals surface area contributed by atoms with Crippen LogP contribution in [-0.2, 0) is 22.4 Å². The van der Waals surface area contributed by atoms with Gasteiger partial charge in [0.1, 0.15) is 11.6 Å². The van der Waals surface area contributed by atoms with Gasteiger partial charge in [-0.05, 0) is 85.0 Å². The smallest absolute Gasteiger partial charge is 0.227 e. The Balaban J connectivity index is 1.33. The number of nitrogens with zero attached hydrogens (tertiary/aromatic N) is 4. The Morgan fingerprint density at radius 3 is 2.50 bits per heavy atom. The minimum absolute atomic E-state index is 0.0634. The molecule has 0 aliphatic carbocycles. The van der Waals surface area contributed by atoms with E-state index >= 15 is 0 Å². The molecule has 0 saturated carbocycles. The third kappa shape index (κ3) is 7.54. The number of carbonyl (C=O) groups excluding carboxylic acids is 1. The van der Waals surface area contributed by atoms with E-state index in [1.807, 2.05) is 18.2 Å². The molecule has 6 rings (SSSR count). The second-order valence-electron chi connectivity index (χ2n) is 11.8. The number of allylic oxidation sites excluding steroid dienone is 1. The van der Waals surface area contributed by atoms with Gasteiger partial charge in [0.15, 0.2) is 5.78 Å². The topological polar surface area (TPSA) is 79.8 Å². The van der Waals surface area contributed by atoms with Gasteiger partial charge in [-0.1, -0.05) is 18.7 Å². The molecule has 1 aromatic heterocycles. The number of nitrogens with one attached hydrogen (secondary N) is 1. The first-order valence-corrected chi connectivity index (χ1v) is 15.9. The maximum absolute atomic E-state index is 15.0. The number of ketones is 1. The van der Waals surface area contributed by atoms with Crippen molar-refractivity contribution in [1.29, 1.82) is 0 Å². The van der Waals surface area contributed by atoms with Crippen LogP contribution in [0.3, 0.4) is 0 Å². The number of anilines is 4. The van der Waals surface area contributed by atoms with Crippen LogP contribution in [-0.4, -0.2) is 62.3 Å². The lowest BCUT2D eigenvalue weighted by molar-refractivity contribution is -0.114. The predicted octanol–water partition coefficient (Wildman–Crippen LogP) is 6.75. The second-order valence-corrected chi connectivity index (χ2v) is 11.8. The van der Waals surface area contributed by atoms with E-state index in [0.717, 1.165) is 86.2 Å². The van der Waals surface area contributed by atoms with Crippen molar-refractivity contribution in [2.24, 2.45) is 0 Å². The summed E-state index contributed by atoms with van der Waals surface area (Å²) in [5.74, 6) is 0.611. The van der Waals surface area contributed by atoms with Crippen LogP contribution in [0.15, 0.2) is 79.5 Å². The molecule has 1 N–H and O–H groups in total. The zero-order chi connectivity index (χ0) is 31.9. The molecule has 0 radical (unpaired) electrons. The monoisotopic (exact) mass is 621 g/mol. The van der Waals surface area contributed by atoms with Gasteiger partial charge < -0.3 is 24.6 Å². The van der Waals surface area contributed by atoms with E-state index in [1.165, 1.54) is 24.6 Å². The number of ether oxygens (including phenoxy) is 2. The number of hydrogen-bond acceptors (Lipinski definition) is 8. The summed E-state index contributed by atoms with van der Waals surface area (Å²) >= 11 is 0. The van der Waals surface area contributed by atoms with Gasteiger partial charge >= 0.3 is 0 Å². The minimum Gasteiger partial charge on any atom is -0.495 e. The molecule has 2 fully saturated rings. The number of hydrogen-bond donors (Lipinski definition) is 1. The highest BCUT2D eigenvalue weighted by atomic mass is 19.1. The first-order chi connectivity index (χ1) is 22.5. The molecular weight excluding hydrogens is 581 g/mol. The molecule has 0 amide bonds. The van der Waals surface area contributed by atoms with Gasteiger partial charge in [-0.15, -0.1) is 0 Å². The van der Waals surface area contributed by atoms with Gasteiger partial charge in [0.25, 0.3) is 0 Å². The number of halogens is 1. The summed E-state index contributed by atoms with van der Waals surface area (Å²) in [6.45, 7) is 8.73. The van der Waals surface area contributed by atoms with Crippen LogP contribution in [0, 0.1) is 5.82 Å². The fourth-order valence-corrected chi connectivity index (χ4v) is 6.15. The molecule has 0 spiro atoms. The highest BCUT2D eigenvalue weighted by Gasteiger charge is 2.18. The summed E-state index contributed by atoms with van der Waals surface area (Å²) in [6.07, 6.45) is 7.22. The lowest BCUT2D eigenvalue weighted by Gasteiger charge is -2.30. The molecule has 2 aliphatic heterocycles. The Labute approximate surface area is 269 Å². The maximum Gasteiger partial charge on any atom is 0.227 e. The average Bonchev–Trinajstić information content (AvgIpc) is 3.09. The number of morpholine rings is 1. The number of rotatable bonds is 11. The molecule has 0 atom stereocenters. The van der Waals surface area contributed by atoms with Crippen molar-refractivity contribution in [3.05, 3.63) is 102 Å². The van der Waals surface area contributed by atoms with E-state index in [-0.39, 0.29) is 12.2 Å². The van der Waals surface area contributed by atoms with Crippen molar-refractivity contribution in [2.75, 3.05) is 61.6 Å². The van der Waals surface area contributed by atoms with Crippen molar-refractivity contribution in [1.82, 2.24) is 9.97 Å². The van der Waals surface area contributed by atoms with Crippen LogP contribution in [0.4, 0.5) is 27.4 Å². The van der Waals surface area contributed by atoms with Crippen LogP contribution in [0.2, 0.25) is 0 Å². The maximum atomic E-state index is 15.0. The molecule has 0 bridgehead atoms. The number of methoxy groups -OCH3 is 1. The predicted molar refractivity (Wildman–Crippen MR) is 181 cm³/mol. The normalized spacial score (nSPS) is 15.0. The van der Waals surface area contributed by atoms with Crippen molar-refractivity contribution in [3.63, 3.8) is 0 Å². The molecule has 0 unspecified atom stereocenters. The largest absolute Gasteiger partial charge is 0.495 e. The Morgan fingerprint density at radius 2 is 1.76 bits per heavy atom. The van der Waals surface area contributed by atoms with Crippen molar-refractivity contribution in [3.8, 4) is 17.0 Å². The highest BCUT2D eigenvalue weighted by molar-refractivity contribution is 5.91. The Morgan fingerprint density at radius 1 is 0.978 bits per heavy atom.